The summed E-state index contributed by atoms with van der Waals surface area (Å²) in [5, 5.41) is 18.8. The first-order valence-corrected chi connectivity index (χ1v) is 9.41. The van der Waals surface area contributed by atoms with Gasteiger partial charge in [0.05, 0.1) is 30.4 Å². The Bertz CT molecular complexity index is 910. The number of rotatable bonds is 4. The van der Waals surface area contributed by atoms with Gasteiger partial charge in [-0.05, 0) is 23.3 Å². The van der Waals surface area contributed by atoms with Gasteiger partial charge in [0.2, 0.25) is 0 Å². The normalized spacial score (nSPS) is 19.7. The molecule has 1 fully saturated rings. The molecule has 1 atom stereocenters. The van der Waals surface area contributed by atoms with E-state index in [0.717, 1.165) is 11.1 Å². The maximum Gasteiger partial charge on any atom is 0.352 e. The lowest BCUT2D eigenvalue weighted by molar-refractivity contribution is -0.384. The Morgan fingerprint density at radius 1 is 1.10 bits per heavy atom. The zero-order valence-electron chi connectivity index (χ0n) is 15.7. The van der Waals surface area contributed by atoms with Crippen LogP contribution in [0.4, 0.5) is 10.5 Å². The lowest BCUT2D eigenvalue weighted by Crippen LogP contribution is -2.51. The summed E-state index contributed by atoms with van der Waals surface area (Å²) in [4.78, 5) is 23.3. The van der Waals surface area contributed by atoms with Crippen molar-refractivity contribution in [2.45, 2.75) is 5.92 Å². The van der Waals surface area contributed by atoms with Crippen molar-refractivity contribution in [2.24, 2.45) is 5.10 Å². The summed E-state index contributed by atoms with van der Waals surface area (Å²) in [6.07, 6.45) is 0. The average Bonchev–Trinajstić information content (AvgIpc) is 3.21. The number of hydrazone groups is 1. The van der Waals surface area contributed by atoms with Crippen LogP contribution in [0.5, 0.6) is 0 Å². The molecule has 150 valence electrons. The first-order chi connectivity index (χ1) is 14.1. The highest BCUT2D eigenvalue weighted by Crippen LogP contribution is 2.29. The molecule has 0 saturated carbocycles. The van der Waals surface area contributed by atoms with E-state index in [1.54, 1.807) is 12.1 Å². The smallest absolute Gasteiger partial charge is 0.352 e. The number of nitro benzene ring substituents is 1. The van der Waals surface area contributed by atoms with Crippen molar-refractivity contribution in [3.8, 4) is 0 Å². The van der Waals surface area contributed by atoms with Crippen molar-refractivity contribution in [1.29, 1.82) is 0 Å². The molecule has 2 aromatic carbocycles. The molecule has 4 rings (SSSR count). The van der Waals surface area contributed by atoms with Crippen molar-refractivity contribution >= 4 is 17.4 Å². The number of hydrogen-bond acceptors (Lipinski definition) is 6. The second-order valence-electron chi connectivity index (χ2n) is 6.85. The highest BCUT2D eigenvalue weighted by molar-refractivity contribution is 6.07. The van der Waals surface area contributed by atoms with E-state index in [1.165, 1.54) is 17.1 Å². The fourth-order valence-corrected chi connectivity index (χ4v) is 3.46. The van der Waals surface area contributed by atoms with Crippen LogP contribution in [0.25, 0.3) is 0 Å². The molecule has 9 nitrogen and oxygen atoms in total. The van der Waals surface area contributed by atoms with Gasteiger partial charge in [0.15, 0.2) is 0 Å². The van der Waals surface area contributed by atoms with E-state index < -0.39 is 4.92 Å². The van der Waals surface area contributed by atoms with Crippen LogP contribution in [0, 0.1) is 10.1 Å². The fraction of sp³-hybridized carbons (Fsp3) is 0.300. The SMILES string of the molecule is O=C(NN1CCOCC1)N1CC(c2ccccc2)C(c2ccc([N+](=O)[O-])cc2)=N1. The molecule has 2 aliphatic heterocycles. The van der Waals surface area contributed by atoms with Gasteiger partial charge in [0.25, 0.3) is 5.69 Å². The maximum atomic E-state index is 12.7. The summed E-state index contributed by atoms with van der Waals surface area (Å²) in [5.41, 5.74) is 5.39. The average molecular weight is 395 g/mol. The fourth-order valence-electron chi connectivity index (χ4n) is 3.46. The Balaban J connectivity index is 1.59. The van der Waals surface area contributed by atoms with Gasteiger partial charge in [-0.2, -0.15) is 5.10 Å². The quantitative estimate of drug-likeness (QED) is 0.633. The van der Waals surface area contributed by atoms with E-state index in [0.29, 0.717) is 38.6 Å². The van der Waals surface area contributed by atoms with Crippen LogP contribution in [0.15, 0.2) is 59.7 Å². The Morgan fingerprint density at radius 3 is 2.45 bits per heavy atom. The molecule has 0 bridgehead atoms. The molecule has 2 aliphatic rings. The number of hydrogen-bond donors (Lipinski definition) is 1. The third kappa shape index (κ3) is 4.25. The number of urea groups is 1. The second-order valence-corrected chi connectivity index (χ2v) is 6.85. The van der Waals surface area contributed by atoms with Crippen molar-refractivity contribution in [2.75, 3.05) is 32.8 Å². The molecule has 29 heavy (non-hydrogen) atoms. The summed E-state index contributed by atoms with van der Waals surface area (Å²) >= 11 is 0. The molecule has 0 aromatic heterocycles. The minimum Gasteiger partial charge on any atom is -0.379 e. The van der Waals surface area contributed by atoms with Crippen molar-refractivity contribution in [1.82, 2.24) is 15.4 Å². The lowest BCUT2D eigenvalue weighted by atomic mass is 9.90. The van der Waals surface area contributed by atoms with Crippen LogP contribution in [-0.2, 0) is 4.74 Å². The standard InChI is InChI=1S/C20H21N5O4/c26-20(22-23-10-12-29-13-11-23)24-14-18(15-4-2-1-3-5-15)19(21-24)16-6-8-17(9-7-16)25(27)28/h1-9,18H,10-14H2,(H,22,26). The number of nitrogens with one attached hydrogen (secondary N) is 1. The summed E-state index contributed by atoms with van der Waals surface area (Å²) in [5.74, 6) is -0.118. The van der Waals surface area contributed by atoms with Gasteiger partial charge in [-0.3, -0.25) is 15.5 Å². The summed E-state index contributed by atoms with van der Waals surface area (Å²) < 4.78 is 5.30. The number of morpholine rings is 1. The summed E-state index contributed by atoms with van der Waals surface area (Å²) in [6, 6.07) is 15.8. The van der Waals surface area contributed by atoms with E-state index in [1.807, 2.05) is 35.3 Å². The summed E-state index contributed by atoms with van der Waals surface area (Å²) in [6.45, 7) is 2.79. The maximum absolute atomic E-state index is 12.7. The molecule has 2 heterocycles. The van der Waals surface area contributed by atoms with Crippen LogP contribution in [-0.4, -0.2) is 59.5 Å². The Morgan fingerprint density at radius 2 is 1.79 bits per heavy atom. The van der Waals surface area contributed by atoms with Crippen molar-refractivity contribution in [3.05, 3.63) is 75.8 Å². The number of carbonyl (C=O) groups excluding carboxylic acids is 1. The third-order valence-corrected chi connectivity index (χ3v) is 4.99. The van der Waals surface area contributed by atoms with E-state index in [4.69, 9.17) is 4.74 Å². The van der Waals surface area contributed by atoms with Gasteiger partial charge >= 0.3 is 6.03 Å². The Labute approximate surface area is 167 Å². The predicted molar refractivity (Wildman–Crippen MR) is 106 cm³/mol. The first kappa shape index (κ1) is 19.0. The number of amides is 2. The first-order valence-electron chi connectivity index (χ1n) is 9.41. The minimum atomic E-state index is -0.434. The third-order valence-electron chi connectivity index (χ3n) is 4.99. The van der Waals surface area contributed by atoms with Crippen LogP contribution >= 0.6 is 0 Å². The largest absolute Gasteiger partial charge is 0.379 e. The van der Waals surface area contributed by atoms with Gasteiger partial charge in [-0.25, -0.2) is 14.8 Å². The molecule has 2 aromatic rings. The van der Waals surface area contributed by atoms with Crippen LogP contribution < -0.4 is 5.43 Å². The highest BCUT2D eigenvalue weighted by Gasteiger charge is 2.33. The molecule has 1 unspecified atom stereocenters. The number of ether oxygens (including phenoxy) is 1. The van der Waals surface area contributed by atoms with Crippen molar-refractivity contribution < 1.29 is 14.5 Å². The number of hydrazine groups is 1. The number of carbonyl (C=O) groups is 1. The van der Waals surface area contributed by atoms with Crippen LogP contribution in [0.3, 0.4) is 0 Å². The molecular formula is C20H21N5O4. The molecule has 1 saturated heterocycles. The van der Waals surface area contributed by atoms with Gasteiger partial charge in [0.1, 0.15) is 0 Å². The van der Waals surface area contributed by atoms with Gasteiger partial charge in [-0.15, -0.1) is 0 Å². The number of nitrogens with zero attached hydrogens (tertiary/aromatic N) is 4. The number of non-ortho nitro benzene ring substituents is 1. The van der Waals surface area contributed by atoms with Crippen LogP contribution in [0.2, 0.25) is 0 Å². The number of nitro groups is 1. The van der Waals surface area contributed by atoms with E-state index in [2.05, 4.69) is 10.5 Å². The Kier molecular flexibility index (Phi) is 5.50. The van der Waals surface area contributed by atoms with Gasteiger partial charge in [0, 0.05) is 31.1 Å². The molecule has 2 amide bonds. The molecule has 1 N–H and O–H groups in total. The number of benzene rings is 2. The van der Waals surface area contributed by atoms with E-state index in [-0.39, 0.29) is 17.6 Å². The molecule has 0 radical (unpaired) electrons. The van der Waals surface area contributed by atoms with Gasteiger partial charge in [-0.1, -0.05) is 30.3 Å². The molecular weight excluding hydrogens is 374 g/mol. The predicted octanol–water partition coefficient (Wildman–Crippen LogP) is 2.36. The zero-order chi connectivity index (χ0) is 20.2. The van der Waals surface area contributed by atoms with Crippen LogP contribution in [0.1, 0.15) is 17.0 Å². The van der Waals surface area contributed by atoms with E-state index in [9.17, 15) is 14.9 Å². The Hall–Kier alpha value is -3.30. The topological polar surface area (TPSA) is 100 Å². The monoisotopic (exact) mass is 395 g/mol. The second kappa shape index (κ2) is 8.38. The lowest BCUT2D eigenvalue weighted by Gasteiger charge is -2.28. The molecule has 0 spiro atoms. The zero-order valence-corrected chi connectivity index (χ0v) is 15.7. The summed E-state index contributed by atoms with van der Waals surface area (Å²) in [7, 11) is 0. The molecule has 0 aliphatic carbocycles. The highest BCUT2D eigenvalue weighted by atomic mass is 16.6. The van der Waals surface area contributed by atoms with E-state index >= 15 is 0 Å². The van der Waals surface area contributed by atoms with Gasteiger partial charge < -0.3 is 4.74 Å². The molecule has 9 heteroatoms. The van der Waals surface area contributed by atoms with Crippen molar-refractivity contribution in [3.63, 3.8) is 0 Å². The minimum absolute atomic E-state index is 0.0190.